The quantitative estimate of drug-likeness (QED) is 0.545. The maximum Gasteiger partial charge on any atom is 0.394 e. The third-order valence-corrected chi connectivity index (χ3v) is 3.78. The molecule has 1 aromatic heterocycles. The summed E-state index contributed by atoms with van der Waals surface area (Å²) in [6.07, 6.45) is -4.64. The fraction of sp³-hybridized carbons (Fsp3) is 0.714. The van der Waals surface area contributed by atoms with Gasteiger partial charge in [0.1, 0.15) is 0 Å². The van der Waals surface area contributed by atoms with Gasteiger partial charge in [0.15, 0.2) is 0 Å². The van der Waals surface area contributed by atoms with Crippen molar-refractivity contribution in [2.75, 3.05) is 41.8 Å². The minimum Gasteiger partial charge on any atom is -0.481 e. The van der Waals surface area contributed by atoms with Gasteiger partial charge in [0, 0.05) is 25.7 Å². The second-order valence-electron chi connectivity index (χ2n) is 6.23. The van der Waals surface area contributed by atoms with Gasteiger partial charge in [-0.25, -0.2) is 0 Å². The van der Waals surface area contributed by atoms with Crippen LogP contribution >= 0.6 is 0 Å². The molecule has 26 heavy (non-hydrogen) atoms. The summed E-state index contributed by atoms with van der Waals surface area (Å²) in [7, 11) is 0. The van der Waals surface area contributed by atoms with Gasteiger partial charge >= 0.3 is 12.1 Å². The van der Waals surface area contributed by atoms with E-state index in [1.807, 2.05) is 13.8 Å². The Hall–Kier alpha value is -2.37. The highest BCUT2D eigenvalue weighted by Crippen LogP contribution is 2.38. The van der Waals surface area contributed by atoms with Crippen molar-refractivity contribution in [3.63, 3.8) is 0 Å². The summed E-state index contributed by atoms with van der Waals surface area (Å²) >= 11 is 0. The van der Waals surface area contributed by atoms with Gasteiger partial charge in [0.25, 0.3) is 0 Å². The van der Waals surface area contributed by atoms with Crippen molar-refractivity contribution < 1.29 is 28.2 Å². The molecule has 0 aromatic carbocycles. The van der Waals surface area contributed by atoms with E-state index >= 15 is 0 Å². The van der Waals surface area contributed by atoms with E-state index in [9.17, 15) is 18.0 Å². The Morgan fingerprint density at radius 2 is 1.92 bits per heavy atom. The molecule has 2 rings (SSSR count). The highest BCUT2D eigenvalue weighted by atomic mass is 19.4. The SMILES string of the molecule is CC(C)Nc1nc(NCCO)nc(N2C[C@@H](C(F)(F)F)[C@H](C(=O)O)C2)n1. The summed E-state index contributed by atoms with van der Waals surface area (Å²) in [5.74, 6) is -4.94. The average molecular weight is 378 g/mol. The van der Waals surface area contributed by atoms with E-state index < -0.39 is 30.5 Å². The van der Waals surface area contributed by atoms with E-state index in [0.717, 1.165) is 0 Å². The summed E-state index contributed by atoms with van der Waals surface area (Å²) in [4.78, 5) is 24.7. The summed E-state index contributed by atoms with van der Waals surface area (Å²) in [6, 6.07) is -0.0378. The number of hydrogen-bond acceptors (Lipinski definition) is 8. The normalized spacial score (nSPS) is 20.5. The van der Waals surface area contributed by atoms with Crippen LogP contribution in [0, 0.1) is 11.8 Å². The summed E-state index contributed by atoms with van der Waals surface area (Å²) in [5.41, 5.74) is 0. The third kappa shape index (κ3) is 4.84. The Kier molecular flexibility index (Phi) is 6.05. The number of rotatable bonds is 7. The Morgan fingerprint density at radius 3 is 2.42 bits per heavy atom. The molecule has 0 saturated carbocycles. The number of alkyl halides is 3. The highest BCUT2D eigenvalue weighted by Gasteiger charge is 2.53. The van der Waals surface area contributed by atoms with Gasteiger partial charge in [-0.15, -0.1) is 0 Å². The Labute approximate surface area is 147 Å². The number of carboxylic acid groups (broad SMARTS) is 1. The second-order valence-corrected chi connectivity index (χ2v) is 6.23. The number of nitrogens with zero attached hydrogens (tertiary/aromatic N) is 4. The molecule has 9 nitrogen and oxygen atoms in total. The third-order valence-electron chi connectivity index (χ3n) is 3.78. The topological polar surface area (TPSA) is 124 Å². The molecule has 1 fully saturated rings. The largest absolute Gasteiger partial charge is 0.481 e. The van der Waals surface area contributed by atoms with Crippen LogP contribution in [-0.4, -0.2) is 69.6 Å². The summed E-state index contributed by atoms with van der Waals surface area (Å²) < 4.78 is 39.5. The van der Waals surface area contributed by atoms with Crippen LogP contribution in [0.3, 0.4) is 0 Å². The number of carbonyl (C=O) groups is 1. The molecule has 4 N–H and O–H groups in total. The second kappa shape index (κ2) is 7.89. The Morgan fingerprint density at radius 1 is 1.27 bits per heavy atom. The van der Waals surface area contributed by atoms with Crippen LogP contribution in [0.2, 0.25) is 0 Å². The van der Waals surface area contributed by atoms with Crippen molar-refractivity contribution in [2.45, 2.75) is 26.1 Å². The maximum atomic E-state index is 13.2. The first-order chi connectivity index (χ1) is 12.1. The van der Waals surface area contributed by atoms with Crippen LogP contribution in [0.4, 0.5) is 31.0 Å². The molecule has 146 valence electrons. The van der Waals surface area contributed by atoms with Crippen LogP contribution in [0.25, 0.3) is 0 Å². The molecule has 1 aliphatic rings. The van der Waals surface area contributed by atoms with Crippen LogP contribution in [0.5, 0.6) is 0 Å². The smallest absolute Gasteiger partial charge is 0.394 e. The molecule has 1 saturated heterocycles. The molecular weight excluding hydrogens is 357 g/mol. The van der Waals surface area contributed by atoms with E-state index in [2.05, 4.69) is 25.6 Å². The van der Waals surface area contributed by atoms with Crippen LogP contribution in [0.1, 0.15) is 13.8 Å². The number of aromatic nitrogens is 3. The zero-order valence-electron chi connectivity index (χ0n) is 14.3. The molecule has 0 unspecified atom stereocenters. The van der Waals surface area contributed by atoms with Crippen molar-refractivity contribution in [3.05, 3.63) is 0 Å². The molecule has 12 heteroatoms. The molecule has 0 aliphatic carbocycles. The van der Waals surface area contributed by atoms with Crippen LogP contribution in [-0.2, 0) is 4.79 Å². The number of carboxylic acids is 1. The lowest BCUT2D eigenvalue weighted by Crippen LogP contribution is -2.33. The first-order valence-corrected chi connectivity index (χ1v) is 8.03. The van der Waals surface area contributed by atoms with Gasteiger partial charge in [-0.3, -0.25) is 4.79 Å². The number of aliphatic hydroxyl groups is 1. The summed E-state index contributed by atoms with van der Waals surface area (Å²) in [6.45, 7) is 2.72. The number of aliphatic carboxylic acids is 1. The zero-order valence-corrected chi connectivity index (χ0v) is 14.3. The van der Waals surface area contributed by atoms with Crippen molar-refractivity contribution >= 4 is 23.8 Å². The van der Waals surface area contributed by atoms with E-state index in [-0.39, 0.29) is 43.6 Å². The molecular formula is C14H21F3N6O3. The van der Waals surface area contributed by atoms with Gasteiger partial charge in [-0.05, 0) is 13.8 Å². The molecule has 0 spiro atoms. The van der Waals surface area contributed by atoms with Gasteiger partial charge in [0.05, 0.1) is 18.4 Å². The maximum absolute atomic E-state index is 13.2. The van der Waals surface area contributed by atoms with Crippen LogP contribution < -0.4 is 15.5 Å². The first kappa shape index (κ1) is 19.9. The first-order valence-electron chi connectivity index (χ1n) is 8.03. The monoisotopic (exact) mass is 378 g/mol. The van der Waals surface area contributed by atoms with Gasteiger partial charge < -0.3 is 25.7 Å². The van der Waals surface area contributed by atoms with Gasteiger partial charge in [-0.2, -0.15) is 28.1 Å². The predicted octanol–water partition coefficient (Wildman–Crippen LogP) is 0.795. The molecule has 0 bridgehead atoms. The summed E-state index contributed by atoms with van der Waals surface area (Å²) in [5, 5.41) is 23.7. The number of aliphatic hydroxyl groups excluding tert-OH is 1. The molecule has 2 heterocycles. The van der Waals surface area contributed by atoms with Gasteiger partial charge in [-0.1, -0.05) is 0 Å². The number of anilines is 3. The van der Waals surface area contributed by atoms with E-state index in [1.54, 1.807) is 0 Å². The molecule has 1 aromatic rings. The Bertz CT molecular complexity index is 643. The zero-order chi connectivity index (χ0) is 19.5. The molecule has 1 aliphatic heterocycles. The van der Waals surface area contributed by atoms with Crippen molar-refractivity contribution in [1.29, 1.82) is 0 Å². The van der Waals surface area contributed by atoms with Gasteiger partial charge in [0.2, 0.25) is 17.8 Å². The van der Waals surface area contributed by atoms with E-state index in [0.29, 0.717) is 0 Å². The predicted molar refractivity (Wildman–Crippen MR) is 87.0 cm³/mol. The standard InChI is InChI=1S/C14H21F3N6O3/c1-7(2)19-12-20-11(18-3-4-24)21-13(22-12)23-5-8(10(25)26)9(6-23)14(15,16)17/h7-9,24H,3-6H2,1-2H3,(H,25,26)(H2,18,19,20,21,22)/t8-,9-/m1/s1. The highest BCUT2D eigenvalue weighted by molar-refractivity contribution is 5.72. The lowest BCUT2D eigenvalue weighted by molar-refractivity contribution is -0.187. The molecule has 0 radical (unpaired) electrons. The van der Waals surface area contributed by atoms with Crippen LogP contribution in [0.15, 0.2) is 0 Å². The molecule has 0 amide bonds. The van der Waals surface area contributed by atoms with E-state index in [1.165, 1.54) is 4.90 Å². The minimum atomic E-state index is -4.64. The number of halogens is 3. The van der Waals surface area contributed by atoms with Crippen molar-refractivity contribution in [2.24, 2.45) is 11.8 Å². The fourth-order valence-electron chi connectivity index (χ4n) is 2.62. The van der Waals surface area contributed by atoms with E-state index in [4.69, 9.17) is 10.2 Å². The average Bonchev–Trinajstić information content (AvgIpc) is 2.98. The molecule has 2 atom stereocenters. The number of hydrogen-bond donors (Lipinski definition) is 4. The lowest BCUT2D eigenvalue weighted by atomic mass is 9.96. The van der Waals surface area contributed by atoms with Crippen molar-refractivity contribution in [3.8, 4) is 0 Å². The minimum absolute atomic E-state index is 0.0378. The van der Waals surface area contributed by atoms with Crippen molar-refractivity contribution in [1.82, 2.24) is 15.0 Å². The number of nitrogens with one attached hydrogen (secondary N) is 2. The Balaban J connectivity index is 2.32. The lowest BCUT2D eigenvalue weighted by Gasteiger charge is -2.19. The fourth-order valence-corrected chi connectivity index (χ4v) is 2.62.